The predicted molar refractivity (Wildman–Crippen MR) is 119 cm³/mol. The Labute approximate surface area is 179 Å². The van der Waals surface area contributed by atoms with E-state index < -0.39 is 5.91 Å². The number of rotatable bonds is 8. The molecule has 1 N–H and O–H groups in total. The number of nitrogens with zero attached hydrogens (tertiary/aromatic N) is 4. The van der Waals surface area contributed by atoms with Crippen LogP contribution in [0.15, 0.2) is 63.2 Å². The van der Waals surface area contributed by atoms with Crippen molar-refractivity contribution < 1.29 is 9.90 Å². The smallest absolute Gasteiger partial charge is 0.295 e. The summed E-state index contributed by atoms with van der Waals surface area (Å²) in [5.41, 5.74) is 1.61. The van der Waals surface area contributed by atoms with Crippen molar-refractivity contribution in [3.63, 3.8) is 0 Å². The fourth-order valence-corrected chi connectivity index (χ4v) is 3.72. The van der Waals surface area contributed by atoms with E-state index >= 15 is 0 Å². The predicted octanol–water partition coefficient (Wildman–Crippen LogP) is 6.11. The van der Waals surface area contributed by atoms with Gasteiger partial charge in [-0.3, -0.25) is 14.3 Å². The van der Waals surface area contributed by atoms with Gasteiger partial charge in [0.25, 0.3) is 5.91 Å². The Kier molecular flexibility index (Phi) is 7.17. The first-order chi connectivity index (χ1) is 14.0. The third kappa shape index (κ3) is 4.92. The highest BCUT2D eigenvalue weighted by Gasteiger charge is 2.19. The average Bonchev–Trinajstić information content (AvgIpc) is 2.97. The normalized spacial score (nSPS) is 11.7. The minimum atomic E-state index is -0.445. The summed E-state index contributed by atoms with van der Waals surface area (Å²) in [6.07, 6.45) is 2.06. The summed E-state index contributed by atoms with van der Waals surface area (Å²) in [5, 5.41) is 19.7. The molecule has 0 aliphatic rings. The molecule has 0 aliphatic heterocycles. The molecule has 0 aliphatic carbocycles. The van der Waals surface area contributed by atoms with Gasteiger partial charge in [0.2, 0.25) is 5.88 Å². The highest BCUT2D eigenvalue weighted by molar-refractivity contribution is 9.10. The molecular weight excluding hydrogens is 432 g/mol. The second-order valence-corrected chi connectivity index (χ2v) is 7.81. The van der Waals surface area contributed by atoms with Crippen LogP contribution in [0.4, 0.5) is 5.69 Å². The number of hydrogen-bond acceptors (Lipinski definition) is 4. The molecule has 3 aromatic rings. The van der Waals surface area contributed by atoms with Gasteiger partial charge in [-0.15, -0.1) is 10.2 Å². The molecule has 1 heterocycles. The maximum atomic E-state index is 12.3. The molecule has 6 nitrogen and oxygen atoms in total. The number of carbonyl (C=O) groups excluding carboxylic acids is 1. The SMILES string of the molecule is CCCN(CCC)Cn1c(O)c(N=NC(=O)c2ccccc2)c2cc(Br)ccc21. The lowest BCUT2D eigenvalue weighted by molar-refractivity contribution is 0.0995. The maximum Gasteiger partial charge on any atom is 0.295 e. The van der Waals surface area contributed by atoms with Crippen molar-refractivity contribution in [1.29, 1.82) is 0 Å². The number of amides is 1. The van der Waals surface area contributed by atoms with E-state index in [1.54, 1.807) is 24.3 Å². The number of aromatic nitrogens is 1. The molecule has 29 heavy (non-hydrogen) atoms. The summed E-state index contributed by atoms with van der Waals surface area (Å²) in [6.45, 7) is 6.71. The number of hydrogen-bond donors (Lipinski definition) is 1. The molecule has 152 valence electrons. The van der Waals surface area contributed by atoms with Gasteiger partial charge in [0.1, 0.15) is 0 Å². The minimum absolute atomic E-state index is 0.0138. The van der Waals surface area contributed by atoms with Gasteiger partial charge in [0.05, 0.1) is 12.2 Å². The van der Waals surface area contributed by atoms with E-state index in [-0.39, 0.29) is 5.88 Å². The molecule has 0 fully saturated rings. The van der Waals surface area contributed by atoms with Gasteiger partial charge in [-0.25, -0.2) is 0 Å². The highest BCUT2D eigenvalue weighted by atomic mass is 79.9. The minimum Gasteiger partial charge on any atom is -0.493 e. The van der Waals surface area contributed by atoms with Gasteiger partial charge >= 0.3 is 0 Å². The van der Waals surface area contributed by atoms with Crippen LogP contribution in [0, 0.1) is 0 Å². The van der Waals surface area contributed by atoms with Crippen LogP contribution in [0.25, 0.3) is 10.9 Å². The van der Waals surface area contributed by atoms with Crippen LogP contribution >= 0.6 is 15.9 Å². The fraction of sp³-hybridized carbons (Fsp3) is 0.318. The maximum absolute atomic E-state index is 12.3. The van der Waals surface area contributed by atoms with Gasteiger partial charge in [-0.2, -0.15) is 0 Å². The van der Waals surface area contributed by atoms with E-state index in [4.69, 9.17) is 0 Å². The highest BCUT2D eigenvalue weighted by Crippen LogP contribution is 2.40. The largest absolute Gasteiger partial charge is 0.493 e. The second-order valence-electron chi connectivity index (χ2n) is 6.89. The van der Waals surface area contributed by atoms with Crippen LogP contribution in [-0.4, -0.2) is 33.6 Å². The Morgan fingerprint density at radius 2 is 1.79 bits per heavy atom. The molecule has 0 spiro atoms. The number of benzene rings is 2. The summed E-state index contributed by atoms with van der Waals surface area (Å²) in [6, 6.07) is 14.5. The van der Waals surface area contributed by atoms with E-state index in [9.17, 15) is 9.90 Å². The standard InChI is InChI=1S/C22H25BrN4O2/c1-3-12-26(13-4-2)15-27-19-11-10-17(23)14-18(19)20(22(27)29)24-25-21(28)16-8-6-5-7-9-16/h5-11,14,29H,3-4,12-13,15H2,1-2H3. The van der Waals surface area contributed by atoms with Crippen LogP contribution in [-0.2, 0) is 6.67 Å². The third-order valence-corrected chi connectivity index (χ3v) is 5.15. The zero-order valence-electron chi connectivity index (χ0n) is 16.7. The Morgan fingerprint density at radius 1 is 1.10 bits per heavy atom. The van der Waals surface area contributed by atoms with E-state index in [0.717, 1.165) is 41.3 Å². The van der Waals surface area contributed by atoms with Crippen LogP contribution in [0.2, 0.25) is 0 Å². The first kappa shape index (κ1) is 21.2. The zero-order valence-corrected chi connectivity index (χ0v) is 18.3. The van der Waals surface area contributed by atoms with E-state index in [1.165, 1.54) is 0 Å². The topological polar surface area (TPSA) is 70.2 Å². The lowest BCUT2D eigenvalue weighted by Crippen LogP contribution is -2.27. The van der Waals surface area contributed by atoms with Crippen LogP contribution in [0.5, 0.6) is 5.88 Å². The Balaban J connectivity index is 2.00. The summed E-state index contributed by atoms with van der Waals surface area (Å²) >= 11 is 3.48. The first-order valence-corrected chi connectivity index (χ1v) is 10.6. The molecule has 1 amide bonds. The number of carbonyl (C=O) groups is 1. The number of aromatic hydroxyl groups is 1. The molecule has 1 aromatic heterocycles. The molecule has 7 heteroatoms. The van der Waals surface area contributed by atoms with Gasteiger partial charge in [0, 0.05) is 15.4 Å². The van der Waals surface area contributed by atoms with Crippen molar-refractivity contribution in [2.45, 2.75) is 33.4 Å². The third-order valence-electron chi connectivity index (χ3n) is 4.65. The van der Waals surface area contributed by atoms with E-state index in [0.29, 0.717) is 17.9 Å². The van der Waals surface area contributed by atoms with Crippen molar-refractivity contribution in [2.24, 2.45) is 10.2 Å². The summed E-state index contributed by atoms with van der Waals surface area (Å²) < 4.78 is 2.70. The zero-order chi connectivity index (χ0) is 20.8. The number of halogens is 1. The van der Waals surface area contributed by atoms with Crippen molar-refractivity contribution in [3.05, 3.63) is 58.6 Å². The van der Waals surface area contributed by atoms with Crippen LogP contribution < -0.4 is 0 Å². The molecule has 0 saturated heterocycles. The quantitative estimate of drug-likeness (QED) is 0.415. The van der Waals surface area contributed by atoms with Crippen LogP contribution in [0.1, 0.15) is 37.0 Å². The molecule has 0 saturated carbocycles. The van der Waals surface area contributed by atoms with Gasteiger partial charge in [-0.1, -0.05) is 48.0 Å². The van der Waals surface area contributed by atoms with Crippen molar-refractivity contribution in [2.75, 3.05) is 13.1 Å². The van der Waals surface area contributed by atoms with E-state index in [2.05, 4.69) is 44.9 Å². The number of fused-ring (bicyclic) bond motifs is 1. The van der Waals surface area contributed by atoms with Gasteiger partial charge in [0.15, 0.2) is 5.69 Å². The fourth-order valence-electron chi connectivity index (χ4n) is 3.36. The summed E-state index contributed by atoms with van der Waals surface area (Å²) in [7, 11) is 0. The molecule has 0 bridgehead atoms. The van der Waals surface area contributed by atoms with Crippen molar-refractivity contribution >= 4 is 38.4 Å². The molecule has 0 atom stereocenters. The van der Waals surface area contributed by atoms with Crippen molar-refractivity contribution in [3.8, 4) is 5.88 Å². The van der Waals surface area contributed by atoms with Gasteiger partial charge in [-0.05, 0) is 56.3 Å². The Hall–Kier alpha value is -2.51. The molecular formula is C22H25BrN4O2. The second kappa shape index (κ2) is 9.80. The lowest BCUT2D eigenvalue weighted by Gasteiger charge is -2.22. The van der Waals surface area contributed by atoms with Gasteiger partial charge < -0.3 is 5.11 Å². The average molecular weight is 457 g/mol. The molecule has 2 aromatic carbocycles. The Bertz CT molecular complexity index is 1010. The number of azo groups is 1. The molecule has 3 rings (SSSR count). The monoisotopic (exact) mass is 456 g/mol. The summed E-state index contributed by atoms with van der Waals surface area (Å²) in [4.78, 5) is 14.6. The molecule has 0 radical (unpaired) electrons. The van der Waals surface area contributed by atoms with Crippen LogP contribution in [0.3, 0.4) is 0 Å². The lowest BCUT2D eigenvalue weighted by atomic mass is 10.2. The summed E-state index contributed by atoms with van der Waals surface area (Å²) in [5.74, 6) is -0.431. The van der Waals surface area contributed by atoms with E-state index in [1.807, 2.05) is 28.8 Å². The molecule has 0 unspecified atom stereocenters. The Morgan fingerprint density at radius 3 is 2.45 bits per heavy atom. The van der Waals surface area contributed by atoms with Crippen molar-refractivity contribution in [1.82, 2.24) is 9.47 Å². The first-order valence-electron chi connectivity index (χ1n) is 9.79.